The fourth-order valence-electron chi connectivity index (χ4n) is 4.11. The molecule has 31 heavy (non-hydrogen) atoms. The lowest BCUT2D eigenvalue weighted by Gasteiger charge is -2.47. The molecule has 8 nitrogen and oxygen atoms in total. The molecular weight excluding hydrogens is 418 g/mol. The van der Waals surface area contributed by atoms with Crippen LogP contribution in [0.3, 0.4) is 0 Å². The summed E-state index contributed by atoms with van der Waals surface area (Å²) in [5.74, 6) is -2.58. The van der Waals surface area contributed by atoms with Crippen LogP contribution in [-0.4, -0.2) is 70.5 Å². The maximum absolute atomic E-state index is 15.1. The van der Waals surface area contributed by atoms with Gasteiger partial charge < -0.3 is 15.0 Å². The molecule has 1 saturated carbocycles. The summed E-state index contributed by atoms with van der Waals surface area (Å²) < 4.78 is 60.7. The molecule has 2 saturated heterocycles. The Kier molecular flexibility index (Phi) is 5.21. The lowest BCUT2D eigenvalue weighted by molar-refractivity contribution is -0.144. The Morgan fingerprint density at radius 2 is 1.87 bits per heavy atom. The highest BCUT2D eigenvalue weighted by Crippen LogP contribution is 2.37. The third-order valence-electron chi connectivity index (χ3n) is 6.20. The molecule has 0 aromatic carbocycles. The van der Waals surface area contributed by atoms with E-state index in [9.17, 15) is 13.2 Å². The van der Waals surface area contributed by atoms with Crippen LogP contribution in [0.4, 0.5) is 35.0 Å². The summed E-state index contributed by atoms with van der Waals surface area (Å²) in [5.41, 5.74) is 0.885. The number of morpholine rings is 1. The Labute approximate surface area is 176 Å². The molecule has 4 heterocycles. The van der Waals surface area contributed by atoms with Gasteiger partial charge in [-0.15, -0.1) is 0 Å². The van der Waals surface area contributed by atoms with Gasteiger partial charge in [-0.3, -0.25) is 10.00 Å². The van der Waals surface area contributed by atoms with Crippen LogP contribution in [0.2, 0.25) is 0 Å². The van der Waals surface area contributed by atoms with E-state index < -0.39 is 23.6 Å². The molecule has 3 fully saturated rings. The van der Waals surface area contributed by atoms with Gasteiger partial charge in [0, 0.05) is 49.9 Å². The molecule has 12 heteroatoms. The summed E-state index contributed by atoms with van der Waals surface area (Å²) in [5, 5.41) is 9.52. The first-order chi connectivity index (χ1) is 14.9. The number of nitrogens with one attached hydrogen (secondary N) is 2. The maximum Gasteiger partial charge on any atom is 0.451 e. The Bertz CT molecular complexity index is 934. The van der Waals surface area contributed by atoms with Crippen molar-refractivity contribution in [1.29, 1.82) is 0 Å². The number of ether oxygens (including phenoxy) is 1. The van der Waals surface area contributed by atoms with Gasteiger partial charge in [-0.1, -0.05) is 6.42 Å². The molecule has 168 valence electrons. The number of nitrogens with zero attached hydrogens (tertiary/aromatic N) is 5. The molecule has 0 unspecified atom stereocenters. The van der Waals surface area contributed by atoms with Crippen molar-refractivity contribution in [1.82, 2.24) is 25.1 Å². The Morgan fingerprint density at radius 3 is 2.52 bits per heavy atom. The largest absolute Gasteiger partial charge is 0.451 e. The summed E-state index contributed by atoms with van der Waals surface area (Å²) in [6.07, 6.45) is -1.60. The van der Waals surface area contributed by atoms with Crippen molar-refractivity contribution in [3.8, 4) is 0 Å². The van der Waals surface area contributed by atoms with E-state index in [0.29, 0.717) is 32.2 Å². The molecule has 2 aromatic heterocycles. The predicted molar refractivity (Wildman–Crippen MR) is 104 cm³/mol. The van der Waals surface area contributed by atoms with Crippen LogP contribution in [0.5, 0.6) is 0 Å². The number of aromatic amines is 1. The van der Waals surface area contributed by atoms with Crippen LogP contribution >= 0.6 is 0 Å². The average molecular weight is 441 g/mol. The van der Waals surface area contributed by atoms with Crippen molar-refractivity contribution < 1.29 is 22.3 Å². The zero-order chi connectivity index (χ0) is 21.6. The van der Waals surface area contributed by atoms with Crippen LogP contribution in [0, 0.1) is 5.82 Å². The molecule has 0 amide bonds. The minimum atomic E-state index is -4.80. The van der Waals surface area contributed by atoms with Crippen LogP contribution in [0.1, 0.15) is 36.7 Å². The van der Waals surface area contributed by atoms with Gasteiger partial charge in [0.1, 0.15) is 0 Å². The summed E-state index contributed by atoms with van der Waals surface area (Å²) in [6.45, 7) is 3.56. The second-order valence-corrected chi connectivity index (χ2v) is 8.20. The standard InChI is InChI=1S/C19H23F4N7O/c20-15-16(24-14-8-13(27-28-14)11-2-1-3-11)25-18(19(21,22)23)26-17(15)30-9-12(10-30)29-4-6-31-7-5-29/h8,11-12H,1-7,9-10H2,(H2,24,25,26,27,28). The van der Waals surface area contributed by atoms with Gasteiger partial charge in [-0.05, 0) is 12.8 Å². The third-order valence-corrected chi connectivity index (χ3v) is 6.20. The molecular formula is C19H23F4N7O. The van der Waals surface area contributed by atoms with Crippen molar-refractivity contribution >= 4 is 17.5 Å². The number of H-pyrrole nitrogens is 1. The van der Waals surface area contributed by atoms with Gasteiger partial charge >= 0.3 is 6.18 Å². The molecule has 1 aliphatic carbocycles. The lowest BCUT2D eigenvalue weighted by Crippen LogP contribution is -2.62. The normalized spacial score (nSPS) is 21.1. The van der Waals surface area contributed by atoms with Crippen LogP contribution in [0.15, 0.2) is 6.07 Å². The van der Waals surface area contributed by atoms with Crippen molar-refractivity contribution in [3.05, 3.63) is 23.4 Å². The van der Waals surface area contributed by atoms with Crippen LogP contribution in [-0.2, 0) is 10.9 Å². The monoisotopic (exact) mass is 441 g/mol. The molecule has 2 N–H and O–H groups in total. The first-order valence-electron chi connectivity index (χ1n) is 10.4. The highest BCUT2D eigenvalue weighted by atomic mass is 19.4. The number of anilines is 3. The minimum absolute atomic E-state index is 0.139. The molecule has 0 spiro atoms. The zero-order valence-corrected chi connectivity index (χ0v) is 16.8. The smallest absolute Gasteiger partial charge is 0.379 e. The predicted octanol–water partition coefficient (Wildman–Crippen LogP) is 2.89. The van der Waals surface area contributed by atoms with E-state index in [-0.39, 0.29) is 17.7 Å². The summed E-state index contributed by atoms with van der Waals surface area (Å²) >= 11 is 0. The van der Waals surface area contributed by atoms with Gasteiger partial charge in [0.05, 0.1) is 13.2 Å². The average Bonchev–Trinajstić information content (AvgIpc) is 3.09. The van der Waals surface area contributed by atoms with Crippen LogP contribution in [0.25, 0.3) is 0 Å². The Hall–Kier alpha value is -2.47. The molecule has 0 bridgehead atoms. The number of halogens is 4. The molecule has 0 atom stereocenters. The lowest BCUT2D eigenvalue weighted by atomic mass is 9.83. The molecule has 5 rings (SSSR count). The fraction of sp³-hybridized carbons (Fsp3) is 0.632. The topological polar surface area (TPSA) is 82.2 Å². The number of rotatable bonds is 5. The molecule has 2 aliphatic heterocycles. The van der Waals surface area contributed by atoms with Gasteiger partial charge in [0.2, 0.25) is 11.6 Å². The first kappa shape index (κ1) is 20.4. The summed E-state index contributed by atoms with van der Waals surface area (Å²) in [7, 11) is 0. The third kappa shape index (κ3) is 4.05. The second-order valence-electron chi connectivity index (χ2n) is 8.20. The van der Waals surface area contributed by atoms with E-state index in [1.165, 1.54) is 4.90 Å². The van der Waals surface area contributed by atoms with E-state index in [1.807, 2.05) is 0 Å². The molecule has 3 aliphatic rings. The fourth-order valence-corrected chi connectivity index (χ4v) is 4.11. The van der Waals surface area contributed by atoms with Crippen molar-refractivity contribution in [2.24, 2.45) is 0 Å². The van der Waals surface area contributed by atoms with Gasteiger partial charge in [0.25, 0.3) is 0 Å². The quantitative estimate of drug-likeness (QED) is 0.691. The van der Waals surface area contributed by atoms with E-state index in [2.05, 4.69) is 30.4 Å². The van der Waals surface area contributed by atoms with Gasteiger partial charge in [0.15, 0.2) is 17.5 Å². The van der Waals surface area contributed by atoms with Crippen molar-refractivity contribution in [3.63, 3.8) is 0 Å². The molecule has 0 radical (unpaired) electrons. The number of hydrogen-bond donors (Lipinski definition) is 2. The van der Waals surface area contributed by atoms with Crippen molar-refractivity contribution in [2.75, 3.05) is 49.6 Å². The zero-order valence-electron chi connectivity index (χ0n) is 16.8. The van der Waals surface area contributed by atoms with Crippen molar-refractivity contribution in [2.45, 2.75) is 37.4 Å². The van der Waals surface area contributed by atoms with Crippen LogP contribution < -0.4 is 10.2 Å². The second kappa shape index (κ2) is 7.90. The highest BCUT2D eigenvalue weighted by molar-refractivity contribution is 5.60. The maximum atomic E-state index is 15.1. The minimum Gasteiger partial charge on any atom is -0.379 e. The Balaban J connectivity index is 1.37. The molecule has 2 aromatic rings. The van der Waals surface area contributed by atoms with E-state index in [1.54, 1.807) is 6.07 Å². The highest BCUT2D eigenvalue weighted by Gasteiger charge is 2.40. The van der Waals surface area contributed by atoms with E-state index >= 15 is 4.39 Å². The number of hydrogen-bond acceptors (Lipinski definition) is 7. The number of aromatic nitrogens is 4. The van der Waals surface area contributed by atoms with Gasteiger partial charge in [-0.2, -0.15) is 22.7 Å². The van der Waals surface area contributed by atoms with Gasteiger partial charge in [-0.25, -0.2) is 9.97 Å². The summed E-state index contributed by atoms with van der Waals surface area (Å²) in [4.78, 5) is 10.6. The first-order valence-corrected chi connectivity index (χ1v) is 10.4. The summed E-state index contributed by atoms with van der Waals surface area (Å²) in [6, 6.07) is 1.83. The Morgan fingerprint density at radius 1 is 1.13 bits per heavy atom. The van der Waals surface area contributed by atoms with E-state index in [4.69, 9.17) is 4.74 Å². The van der Waals surface area contributed by atoms with E-state index in [0.717, 1.165) is 38.0 Å². The number of alkyl halides is 3. The SMILES string of the molecule is Fc1c(Nc2cc(C3CCC3)[nH]n2)nc(C(F)(F)F)nc1N1CC(N2CCOCC2)C1.